The molecule has 0 unspecified atom stereocenters. The van der Waals surface area contributed by atoms with E-state index in [-0.39, 0.29) is 18.1 Å². The summed E-state index contributed by atoms with van der Waals surface area (Å²) >= 11 is 0. The molecule has 1 aromatic rings. The third kappa shape index (κ3) is 3.97. The topological polar surface area (TPSA) is 38.8 Å². The molecule has 0 N–H and O–H groups in total. The first-order valence-corrected chi connectivity index (χ1v) is 7.48. The van der Waals surface area contributed by atoms with E-state index in [1.54, 1.807) is 0 Å². The molecule has 116 valence electrons. The predicted octanol–water partition coefficient (Wildman–Crippen LogP) is 2.79. The molecule has 4 heteroatoms. The Labute approximate surface area is 127 Å². The lowest BCUT2D eigenvalue weighted by Gasteiger charge is -2.39. The quantitative estimate of drug-likeness (QED) is 0.859. The van der Waals surface area contributed by atoms with Crippen molar-refractivity contribution in [3.05, 3.63) is 29.8 Å². The van der Waals surface area contributed by atoms with Crippen molar-refractivity contribution in [1.82, 2.24) is 4.90 Å². The molecule has 2 atom stereocenters. The fourth-order valence-corrected chi connectivity index (χ4v) is 2.74. The molecule has 0 aromatic heterocycles. The van der Waals surface area contributed by atoms with Gasteiger partial charge >= 0.3 is 0 Å². The van der Waals surface area contributed by atoms with Crippen LogP contribution >= 0.6 is 0 Å². The Morgan fingerprint density at radius 2 is 1.90 bits per heavy atom. The molecular weight excluding hydrogens is 266 g/mol. The summed E-state index contributed by atoms with van der Waals surface area (Å²) in [5.41, 5.74) is 0.231. The Balaban J connectivity index is 2.09. The van der Waals surface area contributed by atoms with Crippen LogP contribution in [0.2, 0.25) is 0 Å². The number of ether oxygens (including phenoxy) is 2. The van der Waals surface area contributed by atoms with Crippen LogP contribution in [0.5, 0.6) is 5.75 Å². The van der Waals surface area contributed by atoms with E-state index in [9.17, 15) is 4.79 Å². The summed E-state index contributed by atoms with van der Waals surface area (Å²) in [7, 11) is 0. The smallest absolute Gasteiger partial charge is 0.266 e. The molecule has 4 nitrogen and oxygen atoms in total. The maximum absolute atomic E-state index is 12.7. The van der Waals surface area contributed by atoms with Gasteiger partial charge in [0.05, 0.1) is 12.2 Å². The molecule has 1 aliphatic heterocycles. The van der Waals surface area contributed by atoms with Gasteiger partial charge in [0, 0.05) is 13.1 Å². The largest absolute Gasteiger partial charge is 0.478 e. The van der Waals surface area contributed by atoms with Crippen LogP contribution < -0.4 is 4.74 Å². The van der Waals surface area contributed by atoms with Gasteiger partial charge in [0.1, 0.15) is 5.75 Å². The monoisotopic (exact) mass is 291 g/mol. The number of morpholine rings is 1. The van der Waals surface area contributed by atoms with Crippen LogP contribution in [-0.2, 0) is 9.53 Å². The molecule has 1 amide bonds. The van der Waals surface area contributed by atoms with Gasteiger partial charge in [-0.2, -0.15) is 0 Å². The molecule has 0 radical (unpaired) electrons. The van der Waals surface area contributed by atoms with Gasteiger partial charge in [-0.25, -0.2) is 0 Å². The number of aryl methyl sites for hydroxylation is 1. The molecule has 1 fully saturated rings. The summed E-state index contributed by atoms with van der Waals surface area (Å²) in [5.74, 6) is 0.730. The first-order valence-electron chi connectivity index (χ1n) is 7.48. The van der Waals surface area contributed by atoms with Gasteiger partial charge in [0.15, 0.2) is 5.60 Å². The number of carbonyl (C=O) groups excluding carboxylic acids is 1. The minimum Gasteiger partial charge on any atom is -0.478 e. The average Bonchev–Trinajstić information content (AvgIpc) is 2.36. The third-order valence-corrected chi connectivity index (χ3v) is 3.58. The Bertz CT molecular complexity index is 503. The molecular formula is C17H25NO3. The van der Waals surface area contributed by atoms with Crippen LogP contribution in [0.4, 0.5) is 0 Å². The molecule has 2 rings (SSSR count). The molecule has 1 heterocycles. The third-order valence-electron chi connectivity index (χ3n) is 3.58. The number of hydrogen-bond acceptors (Lipinski definition) is 3. The molecule has 1 aliphatic rings. The van der Waals surface area contributed by atoms with Crippen LogP contribution in [0.25, 0.3) is 0 Å². The van der Waals surface area contributed by atoms with Crippen LogP contribution in [-0.4, -0.2) is 41.7 Å². The Kier molecular flexibility index (Phi) is 4.57. The van der Waals surface area contributed by atoms with Crippen molar-refractivity contribution in [2.24, 2.45) is 0 Å². The number of benzene rings is 1. The predicted molar refractivity (Wildman–Crippen MR) is 82.5 cm³/mol. The fraction of sp³-hybridized carbons (Fsp3) is 0.588. The molecule has 0 spiro atoms. The number of carbonyl (C=O) groups is 1. The van der Waals surface area contributed by atoms with Crippen molar-refractivity contribution in [1.29, 1.82) is 0 Å². The highest BCUT2D eigenvalue weighted by Crippen LogP contribution is 2.23. The second-order valence-corrected chi connectivity index (χ2v) is 6.40. The summed E-state index contributed by atoms with van der Waals surface area (Å²) in [6, 6.07) is 7.77. The molecule has 0 saturated carbocycles. The standard InChI is InChI=1S/C17H25NO3/c1-12-7-6-8-15(9-12)21-17(4,5)16(19)18-10-13(2)20-14(3)11-18/h6-9,13-14H,10-11H2,1-5H3/t13-,14-/m0/s1. The van der Waals surface area contributed by atoms with E-state index in [1.807, 2.05) is 63.8 Å². The Morgan fingerprint density at radius 3 is 2.48 bits per heavy atom. The number of nitrogens with zero attached hydrogens (tertiary/aromatic N) is 1. The average molecular weight is 291 g/mol. The molecule has 1 aromatic carbocycles. The maximum atomic E-state index is 12.7. The zero-order valence-electron chi connectivity index (χ0n) is 13.6. The minimum atomic E-state index is -0.884. The summed E-state index contributed by atoms with van der Waals surface area (Å²) < 4.78 is 11.6. The van der Waals surface area contributed by atoms with E-state index in [0.29, 0.717) is 13.1 Å². The lowest BCUT2D eigenvalue weighted by atomic mass is 10.1. The van der Waals surface area contributed by atoms with Gasteiger partial charge in [-0.3, -0.25) is 4.79 Å². The highest BCUT2D eigenvalue weighted by atomic mass is 16.5. The number of amides is 1. The molecule has 21 heavy (non-hydrogen) atoms. The highest BCUT2D eigenvalue weighted by molar-refractivity contribution is 5.85. The van der Waals surface area contributed by atoms with E-state index in [1.165, 1.54) is 0 Å². The molecule has 1 saturated heterocycles. The summed E-state index contributed by atoms with van der Waals surface area (Å²) in [5, 5.41) is 0. The lowest BCUT2D eigenvalue weighted by molar-refractivity contribution is -0.156. The first-order chi connectivity index (χ1) is 9.78. The van der Waals surface area contributed by atoms with Crippen molar-refractivity contribution < 1.29 is 14.3 Å². The van der Waals surface area contributed by atoms with E-state index in [4.69, 9.17) is 9.47 Å². The van der Waals surface area contributed by atoms with Gasteiger partial charge in [-0.1, -0.05) is 12.1 Å². The van der Waals surface area contributed by atoms with Crippen LogP contribution in [0.15, 0.2) is 24.3 Å². The van der Waals surface area contributed by atoms with Gasteiger partial charge in [0.25, 0.3) is 5.91 Å². The van der Waals surface area contributed by atoms with Gasteiger partial charge in [-0.05, 0) is 52.3 Å². The molecule has 0 bridgehead atoms. The lowest BCUT2D eigenvalue weighted by Crippen LogP contribution is -2.55. The van der Waals surface area contributed by atoms with Crippen molar-refractivity contribution in [3.63, 3.8) is 0 Å². The fourth-order valence-electron chi connectivity index (χ4n) is 2.74. The normalized spacial score (nSPS) is 23.0. The number of rotatable bonds is 3. The van der Waals surface area contributed by atoms with Crippen LogP contribution in [0.3, 0.4) is 0 Å². The van der Waals surface area contributed by atoms with E-state index in [2.05, 4.69) is 0 Å². The zero-order valence-corrected chi connectivity index (χ0v) is 13.6. The molecule has 0 aliphatic carbocycles. The van der Waals surface area contributed by atoms with E-state index >= 15 is 0 Å². The van der Waals surface area contributed by atoms with E-state index < -0.39 is 5.60 Å². The van der Waals surface area contributed by atoms with Crippen LogP contribution in [0, 0.1) is 6.92 Å². The second kappa shape index (κ2) is 6.06. The second-order valence-electron chi connectivity index (χ2n) is 6.40. The van der Waals surface area contributed by atoms with Crippen molar-refractivity contribution in [2.75, 3.05) is 13.1 Å². The van der Waals surface area contributed by atoms with Gasteiger partial charge in [-0.15, -0.1) is 0 Å². The highest BCUT2D eigenvalue weighted by Gasteiger charge is 2.37. The maximum Gasteiger partial charge on any atom is 0.266 e. The van der Waals surface area contributed by atoms with Crippen molar-refractivity contribution in [3.8, 4) is 5.75 Å². The van der Waals surface area contributed by atoms with Gasteiger partial charge < -0.3 is 14.4 Å². The first kappa shape index (κ1) is 15.8. The summed E-state index contributed by atoms with van der Waals surface area (Å²) in [6.07, 6.45) is 0.125. The van der Waals surface area contributed by atoms with Crippen LogP contribution in [0.1, 0.15) is 33.3 Å². The van der Waals surface area contributed by atoms with Crippen molar-refractivity contribution in [2.45, 2.75) is 52.4 Å². The minimum absolute atomic E-state index is 0.00556. The Hall–Kier alpha value is -1.55. The number of hydrogen-bond donors (Lipinski definition) is 0. The van der Waals surface area contributed by atoms with E-state index in [0.717, 1.165) is 11.3 Å². The summed E-state index contributed by atoms with van der Waals surface area (Å²) in [6.45, 7) is 10.9. The SMILES string of the molecule is Cc1cccc(OC(C)(C)C(=O)N2C[C@H](C)O[C@@H](C)C2)c1. The van der Waals surface area contributed by atoms with Crippen molar-refractivity contribution >= 4 is 5.91 Å². The van der Waals surface area contributed by atoms with Gasteiger partial charge in [0.2, 0.25) is 0 Å². The summed E-state index contributed by atoms with van der Waals surface area (Å²) in [4.78, 5) is 14.6. The zero-order chi connectivity index (χ0) is 15.6. The Morgan fingerprint density at radius 1 is 1.29 bits per heavy atom.